The van der Waals surface area contributed by atoms with Gasteiger partial charge in [-0.05, 0) is 49.4 Å². The first-order valence-electron chi connectivity index (χ1n) is 9.31. The molecule has 0 saturated carbocycles. The maximum absolute atomic E-state index is 12.9. The molecule has 30 heavy (non-hydrogen) atoms. The van der Waals surface area contributed by atoms with Gasteiger partial charge in [0.15, 0.2) is 0 Å². The standard InChI is InChI=1S/C23H20N2O5/c1-13-5-10-18-16(11-13)17(20-21(26)24(2)23(28)25(3)22(20)27)12-19(30-18)14-6-8-15(29-4)9-7-14/h5-12H,1-4H3. The van der Waals surface area contributed by atoms with Gasteiger partial charge in [0.25, 0.3) is 11.8 Å². The summed E-state index contributed by atoms with van der Waals surface area (Å²) in [5.41, 5.74) is 2.69. The fourth-order valence-electron chi connectivity index (χ4n) is 3.46. The molecule has 152 valence electrons. The van der Waals surface area contributed by atoms with Gasteiger partial charge in [-0.2, -0.15) is 0 Å². The molecule has 2 aromatic carbocycles. The highest BCUT2D eigenvalue weighted by Crippen LogP contribution is 2.40. The first-order chi connectivity index (χ1) is 14.3. The van der Waals surface area contributed by atoms with Gasteiger partial charge in [0, 0.05) is 30.8 Å². The van der Waals surface area contributed by atoms with Gasteiger partial charge in [0.1, 0.15) is 22.8 Å². The summed E-state index contributed by atoms with van der Waals surface area (Å²) in [7, 11) is 4.30. The minimum absolute atomic E-state index is 0.0687. The minimum Gasteiger partial charge on any atom is -0.497 e. The molecule has 0 aliphatic carbocycles. The molecule has 0 radical (unpaired) electrons. The number of fused-ring (bicyclic) bond motifs is 1. The molecule has 1 fully saturated rings. The number of methoxy groups -OCH3 is 1. The Kier molecular flexibility index (Phi) is 4.66. The van der Waals surface area contributed by atoms with E-state index in [9.17, 15) is 14.4 Å². The van der Waals surface area contributed by atoms with E-state index in [-0.39, 0.29) is 5.57 Å². The number of allylic oxidation sites excluding steroid dienone is 2. The minimum atomic E-state index is -0.662. The van der Waals surface area contributed by atoms with E-state index in [2.05, 4.69) is 0 Å². The predicted octanol–water partition coefficient (Wildman–Crippen LogP) is 3.24. The molecule has 0 bridgehead atoms. The van der Waals surface area contributed by atoms with Crippen molar-refractivity contribution < 1.29 is 23.9 Å². The maximum atomic E-state index is 12.9. The number of aryl methyl sites for hydroxylation is 1. The number of hydrogen-bond donors (Lipinski definition) is 0. The summed E-state index contributed by atoms with van der Waals surface area (Å²) < 4.78 is 11.3. The van der Waals surface area contributed by atoms with Crippen molar-refractivity contribution in [2.75, 3.05) is 21.2 Å². The first-order valence-corrected chi connectivity index (χ1v) is 9.31. The molecule has 0 spiro atoms. The number of imide groups is 2. The van der Waals surface area contributed by atoms with Crippen molar-refractivity contribution in [3.8, 4) is 11.5 Å². The van der Waals surface area contributed by atoms with Crippen LogP contribution in [0.5, 0.6) is 11.5 Å². The van der Waals surface area contributed by atoms with E-state index in [1.807, 2.05) is 31.2 Å². The van der Waals surface area contributed by atoms with Crippen molar-refractivity contribution in [3.05, 3.63) is 70.8 Å². The molecule has 7 nitrogen and oxygen atoms in total. The number of urea groups is 1. The van der Waals surface area contributed by atoms with Gasteiger partial charge in [-0.15, -0.1) is 0 Å². The van der Waals surface area contributed by atoms with E-state index in [1.165, 1.54) is 14.1 Å². The lowest BCUT2D eigenvalue weighted by molar-refractivity contribution is -0.134. The Balaban J connectivity index is 1.95. The lowest BCUT2D eigenvalue weighted by atomic mass is 9.92. The average Bonchev–Trinajstić information content (AvgIpc) is 2.76. The summed E-state index contributed by atoms with van der Waals surface area (Å²) in [6.45, 7) is 1.91. The first kappa shape index (κ1) is 19.4. The van der Waals surface area contributed by atoms with Crippen LogP contribution < -0.4 is 9.47 Å². The number of rotatable bonds is 2. The zero-order chi connectivity index (χ0) is 21.6. The van der Waals surface area contributed by atoms with Crippen LogP contribution in [0.3, 0.4) is 0 Å². The third-order valence-electron chi connectivity index (χ3n) is 5.18. The largest absolute Gasteiger partial charge is 0.497 e. The predicted molar refractivity (Wildman–Crippen MR) is 111 cm³/mol. The monoisotopic (exact) mass is 404 g/mol. The fraction of sp³-hybridized carbons (Fsp3) is 0.174. The van der Waals surface area contributed by atoms with Crippen molar-refractivity contribution in [1.82, 2.24) is 9.80 Å². The van der Waals surface area contributed by atoms with Crippen molar-refractivity contribution in [2.24, 2.45) is 0 Å². The van der Waals surface area contributed by atoms with E-state index < -0.39 is 17.8 Å². The van der Waals surface area contributed by atoms with Crippen LogP contribution in [0, 0.1) is 6.92 Å². The normalized spacial score (nSPS) is 16.4. The van der Waals surface area contributed by atoms with Crippen molar-refractivity contribution in [2.45, 2.75) is 6.92 Å². The van der Waals surface area contributed by atoms with Crippen molar-refractivity contribution in [1.29, 1.82) is 0 Å². The highest BCUT2D eigenvalue weighted by Gasteiger charge is 2.40. The van der Waals surface area contributed by atoms with Crippen molar-refractivity contribution in [3.63, 3.8) is 0 Å². The molecular formula is C23H20N2O5. The lowest BCUT2D eigenvalue weighted by Gasteiger charge is -2.31. The van der Waals surface area contributed by atoms with Gasteiger partial charge >= 0.3 is 6.03 Å². The summed E-state index contributed by atoms with van der Waals surface area (Å²) in [4.78, 5) is 39.9. The number of likely N-dealkylation sites (N-methyl/N-ethyl adjacent to an activating group) is 2. The maximum Gasteiger partial charge on any atom is 0.333 e. The summed E-state index contributed by atoms with van der Waals surface area (Å²) >= 11 is 0. The summed E-state index contributed by atoms with van der Waals surface area (Å²) in [6.07, 6.45) is 1.67. The highest BCUT2D eigenvalue weighted by atomic mass is 16.5. The van der Waals surface area contributed by atoms with E-state index >= 15 is 0 Å². The topological polar surface area (TPSA) is 76.2 Å². The second-order valence-electron chi connectivity index (χ2n) is 7.14. The van der Waals surface area contributed by atoms with Crippen LogP contribution in [0.1, 0.15) is 16.7 Å². The molecule has 2 aliphatic rings. The third-order valence-corrected chi connectivity index (χ3v) is 5.18. The number of amides is 4. The highest BCUT2D eigenvalue weighted by molar-refractivity contribution is 6.33. The molecule has 0 aromatic heterocycles. The van der Waals surface area contributed by atoms with E-state index in [0.29, 0.717) is 28.4 Å². The van der Waals surface area contributed by atoms with Crippen LogP contribution in [0.2, 0.25) is 0 Å². The summed E-state index contributed by atoms with van der Waals surface area (Å²) in [6, 6.07) is 12.2. The second kappa shape index (κ2) is 7.18. The van der Waals surface area contributed by atoms with Crippen LogP contribution in [-0.4, -0.2) is 48.9 Å². The smallest absolute Gasteiger partial charge is 0.333 e. The molecular weight excluding hydrogens is 384 g/mol. The third kappa shape index (κ3) is 3.04. The zero-order valence-electron chi connectivity index (χ0n) is 17.1. The number of carbonyl (C=O) groups excluding carboxylic acids is 3. The number of carbonyl (C=O) groups is 3. The number of hydrogen-bond acceptors (Lipinski definition) is 5. The molecule has 4 rings (SSSR count). The van der Waals surface area contributed by atoms with Crippen LogP contribution in [0.15, 0.2) is 54.1 Å². The number of barbiturate groups is 1. The van der Waals surface area contributed by atoms with Gasteiger partial charge in [-0.25, -0.2) is 4.79 Å². The average molecular weight is 404 g/mol. The molecule has 0 N–H and O–H groups in total. The lowest BCUT2D eigenvalue weighted by Crippen LogP contribution is -2.53. The Labute approximate surface area is 173 Å². The van der Waals surface area contributed by atoms with Crippen LogP contribution >= 0.6 is 0 Å². The number of ether oxygens (including phenoxy) is 2. The second-order valence-corrected chi connectivity index (χ2v) is 7.14. The molecule has 2 aromatic rings. The van der Waals surface area contributed by atoms with Gasteiger partial charge in [-0.1, -0.05) is 11.6 Å². The molecule has 2 aliphatic heterocycles. The van der Waals surface area contributed by atoms with E-state index in [4.69, 9.17) is 9.47 Å². The molecule has 7 heteroatoms. The van der Waals surface area contributed by atoms with Crippen molar-refractivity contribution >= 4 is 29.2 Å². The van der Waals surface area contributed by atoms with Crippen LogP contribution in [-0.2, 0) is 9.59 Å². The number of nitrogens with zero attached hydrogens (tertiary/aromatic N) is 2. The fourth-order valence-corrected chi connectivity index (χ4v) is 3.46. The quantitative estimate of drug-likeness (QED) is 0.567. The zero-order valence-corrected chi connectivity index (χ0v) is 17.1. The molecule has 0 unspecified atom stereocenters. The molecule has 0 atom stereocenters. The molecule has 2 heterocycles. The summed E-state index contributed by atoms with van der Waals surface area (Å²) in [5.74, 6) is 0.429. The Morgan fingerprint density at radius 3 is 2.13 bits per heavy atom. The van der Waals surface area contributed by atoms with Gasteiger partial charge < -0.3 is 9.47 Å². The Bertz CT molecular complexity index is 1120. The van der Waals surface area contributed by atoms with Gasteiger partial charge in [0.2, 0.25) is 0 Å². The van der Waals surface area contributed by atoms with Gasteiger partial charge in [0.05, 0.1) is 7.11 Å². The van der Waals surface area contributed by atoms with E-state index in [0.717, 1.165) is 20.9 Å². The SMILES string of the molecule is COc1ccc(C2=CC(=C3C(=O)N(C)C(=O)N(C)C3=O)c3cc(C)ccc3O2)cc1. The molecule has 1 saturated heterocycles. The Hall–Kier alpha value is -3.87. The van der Waals surface area contributed by atoms with Crippen LogP contribution in [0.25, 0.3) is 11.3 Å². The number of benzene rings is 2. The molecule has 4 amide bonds. The van der Waals surface area contributed by atoms with Crippen LogP contribution in [0.4, 0.5) is 4.79 Å². The Morgan fingerprint density at radius 2 is 1.53 bits per heavy atom. The van der Waals surface area contributed by atoms with Gasteiger partial charge in [-0.3, -0.25) is 19.4 Å². The summed E-state index contributed by atoms with van der Waals surface area (Å²) in [5, 5.41) is 0. The van der Waals surface area contributed by atoms with E-state index in [1.54, 1.807) is 31.4 Å². The Morgan fingerprint density at radius 1 is 0.900 bits per heavy atom.